The van der Waals surface area contributed by atoms with Crippen LogP contribution in [0.15, 0.2) is 42.5 Å². The molecule has 170 valence electrons. The standard InChI is InChI=1S/C23H24F2N2O5/c1-22(2,3)32-20(29)13-27-17-4-6-19(7-5-17)31-21(30)23(27,26)12-18(28)10-14-8-15(24)11-16(25)9-14/h4-9,11H,10,12-13,26H2,1-3H3/t23-/m0/s1. The second-order valence-corrected chi connectivity index (χ2v) is 8.65. The number of benzene rings is 2. The van der Waals surface area contributed by atoms with Crippen molar-refractivity contribution >= 4 is 23.4 Å². The van der Waals surface area contributed by atoms with Gasteiger partial charge in [0.05, 0.1) is 6.42 Å². The molecule has 2 N–H and O–H groups in total. The smallest absolute Gasteiger partial charge is 0.352 e. The van der Waals surface area contributed by atoms with E-state index in [0.717, 1.165) is 12.1 Å². The Morgan fingerprint density at radius 2 is 1.69 bits per heavy atom. The van der Waals surface area contributed by atoms with Crippen LogP contribution in [0.4, 0.5) is 14.5 Å². The largest absolute Gasteiger partial charge is 0.459 e. The summed E-state index contributed by atoms with van der Waals surface area (Å²) in [5.74, 6) is -3.60. The molecule has 2 aromatic carbocycles. The Labute approximate surface area is 184 Å². The van der Waals surface area contributed by atoms with Crippen molar-refractivity contribution in [1.82, 2.24) is 0 Å². The number of anilines is 1. The highest BCUT2D eigenvalue weighted by molar-refractivity contribution is 5.95. The zero-order chi connectivity index (χ0) is 23.7. The highest BCUT2D eigenvalue weighted by atomic mass is 19.1. The van der Waals surface area contributed by atoms with Gasteiger partial charge in [-0.15, -0.1) is 0 Å². The maximum absolute atomic E-state index is 13.5. The van der Waals surface area contributed by atoms with Gasteiger partial charge in [-0.1, -0.05) is 0 Å². The molecular weight excluding hydrogens is 422 g/mol. The Balaban J connectivity index is 1.90. The summed E-state index contributed by atoms with van der Waals surface area (Å²) in [5.41, 5.74) is 4.08. The number of carbonyl (C=O) groups is 3. The van der Waals surface area contributed by atoms with Gasteiger partial charge < -0.3 is 14.4 Å². The van der Waals surface area contributed by atoms with Crippen LogP contribution in [0.3, 0.4) is 0 Å². The molecule has 32 heavy (non-hydrogen) atoms. The number of halogens is 2. The SMILES string of the molecule is CC(C)(C)OC(=O)CN1c2ccc(cc2)OC(=O)[C@]1(N)CC(=O)Cc1cc(F)cc(F)c1. The van der Waals surface area contributed by atoms with Crippen LogP contribution >= 0.6 is 0 Å². The minimum atomic E-state index is -2.05. The molecule has 0 aromatic heterocycles. The van der Waals surface area contributed by atoms with Crippen molar-refractivity contribution < 1.29 is 32.6 Å². The number of rotatable bonds is 6. The van der Waals surface area contributed by atoms with E-state index in [2.05, 4.69) is 0 Å². The average molecular weight is 446 g/mol. The molecule has 0 spiro atoms. The number of hydrogen-bond acceptors (Lipinski definition) is 7. The van der Waals surface area contributed by atoms with Gasteiger partial charge in [-0.05, 0) is 62.7 Å². The third-order valence-corrected chi connectivity index (χ3v) is 4.69. The highest BCUT2D eigenvalue weighted by Gasteiger charge is 2.46. The third kappa shape index (κ3) is 5.47. The number of nitrogens with two attached hydrogens (primary N) is 1. The molecule has 0 fully saturated rings. The van der Waals surface area contributed by atoms with Crippen LogP contribution in [-0.2, 0) is 25.5 Å². The van der Waals surface area contributed by atoms with Crippen LogP contribution in [0, 0.1) is 11.6 Å². The van der Waals surface area contributed by atoms with Gasteiger partial charge in [-0.2, -0.15) is 0 Å². The van der Waals surface area contributed by atoms with E-state index in [4.69, 9.17) is 15.2 Å². The molecule has 4 rings (SSSR count). The van der Waals surface area contributed by atoms with Gasteiger partial charge in [0.2, 0.25) is 0 Å². The summed E-state index contributed by atoms with van der Waals surface area (Å²) >= 11 is 0. The number of ether oxygens (including phenoxy) is 2. The fourth-order valence-electron chi connectivity index (χ4n) is 3.44. The number of hydrogen-bond donors (Lipinski definition) is 1. The molecule has 0 amide bonds. The monoisotopic (exact) mass is 446 g/mol. The maximum Gasteiger partial charge on any atom is 0.352 e. The van der Waals surface area contributed by atoms with Crippen molar-refractivity contribution in [1.29, 1.82) is 0 Å². The van der Waals surface area contributed by atoms with Gasteiger partial charge in [0, 0.05) is 18.2 Å². The molecule has 0 radical (unpaired) electrons. The average Bonchev–Trinajstić information content (AvgIpc) is 2.63. The highest BCUT2D eigenvalue weighted by Crippen LogP contribution is 2.31. The minimum Gasteiger partial charge on any atom is -0.459 e. The molecule has 0 saturated heterocycles. The van der Waals surface area contributed by atoms with Crippen molar-refractivity contribution in [3.63, 3.8) is 0 Å². The van der Waals surface area contributed by atoms with Crippen LogP contribution in [-0.4, -0.2) is 35.5 Å². The molecule has 2 aliphatic heterocycles. The Morgan fingerprint density at radius 1 is 1.09 bits per heavy atom. The molecule has 2 bridgehead atoms. The van der Waals surface area contributed by atoms with E-state index in [1.807, 2.05) is 0 Å². The molecule has 2 aromatic rings. The predicted molar refractivity (Wildman–Crippen MR) is 112 cm³/mol. The summed E-state index contributed by atoms with van der Waals surface area (Å²) in [6.45, 7) is 4.65. The molecule has 0 aliphatic carbocycles. The van der Waals surface area contributed by atoms with Crippen LogP contribution in [0.1, 0.15) is 32.8 Å². The molecule has 0 unspecified atom stereocenters. The summed E-state index contributed by atoms with van der Waals surface area (Å²) < 4.78 is 37.6. The van der Waals surface area contributed by atoms with Crippen molar-refractivity contribution in [2.45, 2.75) is 44.9 Å². The molecule has 7 nitrogen and oxygen atoms in total. The quantitative estimate of drug-likeness (QED) is 0.538. The van der Waals surface area contributed by atoms with E-state index in [0.29, 0.717) is 11.8 Å². The van der Waals surface area contributed by atoms with E-state index in [9.17, 15) is 23.2 Å². The van der Waals surface area contributed by atoms with Crippen molar-refractivity contribution in [2.24, 2.45) is 5.73 Å². The number of fused-ring (bicyclic) bond motifs is 5. The third-order valence-electron chi connectivity index (χ3n) is 4.69. The summed E-state index contributed by atoms with van der Waals surface area (Å²) in [6, 6.07) is 9.00. The fraction of sp³-hybridized carbons (Fsp3) is 0.348. The Kier molecular flexibility index (Phi) is 6.32. The second kappa shape index (κ2) is 8.66. The van der Waals surface area contributed by atoms with Crippen molar-refractivity contribution in [3.8, 4) is 5.75 Å². The lowest BCUT2D eigenvalue weighted by Crippen LogP contribution is -2.66. The number of ketones is 1. The molecular formula is C23H24F2N2O5. The predicted octanol–water partition coefficient (Wildman–Crippen LogP) is 2.89. The Morgan fingerprint density at radius 3 is 2.25 bits per heavy atom. The summed E-state index contributed by atoms with van der Waals surface area (Å²) in [6.07, 6.45) is -0.927. The van der Waals surface area contributed by atoms with Crippen LogP contribution < -0.4 is 15.4 Å². The van der Waals surface area contributed by atoms with Gasteiger partial charge in [-0.25, -0.2) is 13.6 Å². The number of Topliss-reactive ketones (excluding diaryl/α,β-unsaturated/α-hetero) is 1. The molecule has 2 aliphatic rings. The first-order chi connectivity index (χ1) is 14.9. The number of nitrogens with zero attached hydrogens (tertiary/aromatic N) is 1. The second-order valence-electron chi connectivity index (χ2n) is 8.65. The fourth-order valence-corrected chi connectivity index (χ4v) is 3.44. The first-order valence-corrected chi connectivity index (χ1v) is 9.93. The van der Waals surface area contributed by atoms with E-state index in [1.165, 1.54) is 17.0 Å². The summed E-state index contributed by atoms with van der Waals surface area (Å²) in [5, 5.41) is 0. The van der Waals surface area contributed by atoms with Crippen LogP contribution in [0.5, 0.6) is 5.75 Å². The first-order valence-electron chi connectivity index (χ1n) is 9.93. The van der Waals surface area contributed by atoms with Crippen molar-refractivity contribution in [2.75, 3.05) is 11.4 Å². The first kappa shape index (κ1) is 23.3. The summed E-state index contributed by atoms with van der Waals surface area (Å²) in [7, 11) is 0. The van der Waals surface area contributed by atoms with E-state index in [-0.39, 0.29) is 17.7 Å². The Hall–Kier alpha value is -3.33. The van der Waals surface area contributed by atoms with Gasteiger partial charge in [0.15, 0.2) is 5.66 Å². The van der Waals surface area contributed by atoms with E-state index < -0.39 is 53.6 Å². The van der Waals surface area contributed by atoms with Gasteiger partial charge in [-0.3, -0.25) is 15.3 Å². The zero-order valence-electron chi connectivity index (χ0n) is 18.0. The van der Waals surface area contributed by atoms with Crippen LogP contribution in [0.25, 0.3) is 0 Å². The van der Waals surface area contributed by atoms with Crippen LogP contribution in [0.2, 0.25) is 0 Å². The van der Waals surface area contributed by atoms with Crippen molar-refractivity contribution in [3.05, 3.63) is 59.7 Å². The molecule has 1 atom stereocenters. The van der Waals surface area contributed by atoms with Gasteiger partial charge in [0.1, 0.15) is 35.3 Å². The molecule has 2 heterocycles. The lowest BCUT2D eigenvalue weighted by molar-refractivity contribution is -0.154. The zero-order valence-corrected chi connectivity index (χ0v) is 18.0. The van der Waals surface area contributed by atoms with Gasteiger partial charge >= 0.3 is 11.9 Å². The molecule has 0 saturated carbocycles. The minimum absolute atomic E-state index is 0.0948. The summed E-state index contributed by atoms with van der Waals surface area (Å²) in [4.78, 5) is 39.5. The van der Waals surface area contributed by atoms with Gasteiger partial charge in [0.25, 0.3) is 0 Å². The topological polar surface area (TPSA) is 98.9 Å². The Bertz CT molecular complexity index is 1030. The lowest BCUT2D eigenvalue weighted by Gasteiger charge is -2.41. The normalized spacial score (nSPS) is 18.1. The van der Waals surface area contributed by atoms with E-state index >= 15 is 0 Å². The molecule has 9 heteroatoms. The van der Waals surface area contributed by atoms with E-state index in [1.54, 1.807) is 32.9 Å². The number of esters is 2. The number of carbonyl (C=O) groups excluding carboxylic acids is 3. The lowest BCUT2D eigenvalue weighted by atomic mass is 9.96. The maximum atomic E-state index is 13.5.